The van der Waals surface area contributed by atoms with Gasteiger partial charge in [-0.3, -0.25) is 4.90 Å². The highest BCUT2D eigenvalue weighted by Crippen LogP contribution is 2.47. The van der Waals surface area contributed by atoms with E-state index in [0.717, 1.165) is 62.1 Å². The molecule has 6 rings (SSSR count). The van der Waals surface area contributed by atoms with Crippen LogP contribution in [0.5, 0.6) is 17.2 Å². The zero-order chi connectivity index (χ0) is 31.9. The van der Waals surface area contributed by atoms with E-state index >= 15 is 0 Å². The molecule has 2 aliphatic heterocycles. The Bertz CT molecular complexity index is 1450. The summed E-state index contributed by atoms with van der Waals surface area (Å²) in [5, 5.41) is 0. The molecule has 0 aromatic heterocycles. The van der Waals surface area contributed by atoms with Crippen LogP contribution in [0.1, 0.15) is 85.5 Å². The summed E-state index contributed by atoms with van der Waals surface area (Å²) in [6, 6.07) is 36.1. The van der Waals surface area contributed by atoms with Crippen molar-refractivity contribution in [3.8, 4) is 17.2 Å². The maximum absolute atomic E-state index is 6.39. The molecule has 0 spiro atoms. The number of nitrogens with zero attached hydrogens (tertiary/aromatic N) is 1. The molecular weight excluding hydrogens is 582 g/mol. The van der Waals surface area contributed by atoms with Gasteiger partial charge in [-0.05, 0) is 54.3 Å². The fourth-order valence-electron chi connectivity index (χ4n) is 6.90. The molecule has 0 aliphatic carbocycles. The lowest BCUT2D eigenvalue weighted by Crippen LogP contribution is -2.36. The summed E-state index contributed by atoms with van der Waals surface area (Å²) < 4.78 is 24.1. The zero-order valence-corrected chi connectivity index (χ0v) is 27.9. The van der Waals surface area contributed by atoms with Crippen LogP contribution in [0.3, 0.4) is 0 Å². The summed E-state index contributed by atoms with van der Waals surface area (Å²) in [7, 11) is 0. The van der Waals surface area contributed by atoms with Gasteiger partial charge in [-0.25, -0.2) is 0 Å². The molecule has 47 heavy (non-hydrogen) atoms. The minimum absolute atomic E-state index is 0.178. The summed E-state index contributed by atoms with van der Waals surface area (Å²) in [5.74, 6) is 3.07. The molecule has 2 atom stereocenters. The van der Waals surface area contributed by atoms with Gasteiger partial charge in [0.15, 0.2) is 0 Å². The summed E-state index contributed by atoms with van der Waals surface area (Å²) in [6.07, 6.45) is 10.4. The highest BCUT2D eigenvalue weighted by molar-refractivity contribution is 5.51. The van der Waals surface area contributed by atoms with Crippen molar-refractivity contribution in [2.45, 2.75) is 69.8 Å². The van der Waals surface area contributed by atoms with Gasteiger partial charge in [0.2, 0.25) is 0 Å². The fraction of sp³-hybridized carbons (Fsp3) is 0.429. The van der Waals surface area contributed by atoms with Crippen LogP contribution in [0, 0.1) is 0 Å². The number of rotatable bonds is 17. The summed E-state index contributed by atoms with van der Waals surface area (Å²) in [4.78, 5) is 2.54. The lowest BCUT2D eigenvalue weighted by atomic mass is 9.76. The molecule has 5 heteroatoms. The molecule has 2 aliphatic rings. The van der Waals surface area contributed by atoms with Crippen molar-refractivity contribution in [3.63, 3.8) is 0 Å². The fourth-order valence-corrected chi connectivity index (χ4v) is 6.90. The maximum atomic E-state index is 6.39. The summed E-state index contributed by atoms with van der Waals surface area (Å²) in [5.41, 5.74) is 4.92. The minimum atomic E-state index is 0.178. The molecule has 0 amide bonds. The SMILES string of the molecule is c1ccc(COc2ccc3c(c2)OC[C@@H](c2ccccc2)[C@H]3c2ccc(OCCCCCCCCCCN3CCOCC3)cc2)cc1. The lowest BCUT2D eigenvalue weighted by molar-refractivity contribution is 0.0371. The molecule has 5 nitrogen and oxygen atoms in total. The van der Waals surface area contributed by atoms with Crippen molar-refractivity contribution in [1.82, 2.24) is 4.90 Å². The van der Waals surface area contributed by atoms with E-state index in [1.165, 1.54) is 68.2 Å². The molecule has 2 heterocycles. The number of morpholine rings is 1. The molecule has 0 N–H and O–H groups in total. The molecule has 1 fully saturated rings. The van der Waals surface area contributed by atoms with Crippen LogP contribution in [0.4, 0.5) is 0 Å². The molecule has 0 bridgehead atoms. The molecule has 0 radical (unpaired) electrons. The predicted molar refractivity (Wildman–Crippen MR) is 190 cm³/mol. The highest BCUT2D eigenvalue weighted by atomic mass is 16.5. The van der Waals surface area contributed by atoms with Crippen LogP contribution in [-0.4, -0.2) is 51.0 Å². The third-order valence-electron chi connectivity index (χ3n) is 9.60. The average Bonchev–Trinajstić information content (AvgIpc) is 3.14. The smallest absolute Gasteiger partial charge is 0.126 e. The minimum Gasteiger partial charge on any atom is -0.494 e. The summed E-state index contributed by atoms with van der Waals surface area (Å²) >= 11 is 0. The number of ether oxygens (including phenoxy) is 4. The molecule has 4 aromatic rings. The van der Waals surface area contributed by atoms with Gasteiger partial charge >= 0.3 is 0 Å². The number of unbranched alkanes of at least 4 members (excludes halogenated alkanes) is 7. The lowest BCUT2D eigenvalue weighted by Gasteiger charge is -2.34. The van der Waals surface area contributed by atoms with Gasteiger partial charge in [-0.1, -0.05) is 117 Å². The Hall–Kier alpha value is -3.80. The van der Waals surface area contributed by atoms with Gasteiger partial charge in [0.05, 0.1) is 26.4 Å². The molecule has 0 saturated carbocycles. The van der Waals surface area contributed by atoms with Gasteiger partial charge in [0, 0.05) is 36.6 Å². The second-order valence-corrected chi connectivity index (χ2v) is 13.0. The van der Waals surface area contributed by atoms with Crippen molar-refractivity contribution < 1.29 is 18.9 Å². The van der Waals surface area contributed by atoms with Gasteiger partial charge < -0.3 is 18.9 Å². The van der Waals surface area contributed by atoms with E-state index in [9.17, 15) is 0 Å². The topological polar surface area (TPSA) is 40.2 Å². The van der Waals surface area contributed by atoms with Crippen molar-refractivity contribution in [2.75, 3.05) is 46.1 Å². The monoisotopic (exact) mass is 633 g/mol. The number of hydrogen-bond donors (Lipinski definition) is 0. The van der Waals surface area contributed by atoms with E-state index in [1.54, 1.807) is 0 Å². The van der Waals surface area contributed by atoms with Crippen molar-refractivity contribution in [1.29, 1.82) is 0 Å². The first-order valence-corrected chi connectivity index (χ1v) is 17.8. The number of hydrogen-bond acceptors (Lipinski definition) is 5. The van der Waals surface area contributed by atoms with E-state index in [2.05, 4.69) is 89.8 Å². The van der Waals surface area contributed by atoms with E-state index in [1.807, 2.05) is 18.2 Å². The first kappa shape index (κ1) is 33.1. The zero-order valence-electron chi connectivity index (χ0n) is 27.9. The van der Waals surface area contributed by atoms with Crippen LogP contribution in [0.15, 0.2) is 103 Å². The third-order valence-corrected chi connectivity index (χ3v) is 9.60. The second kappa shape index (κ2) is 17.9. The number of fused-ring (bicyclic) bond motifs is 1. The largest absolute Gasteiger partial charge is 0.494 e. The molecule has 1 saturated heterocycles. The van der Waals surface area contributed by atoms with Gasteiger partial charge in [0.1, 0.15) is 23.9 Å². The van der Waals surface area contributed by atoms with E-state index in [0.29, 0.717) is 13.2 Å². The van der Waals surface area contributed by atoms with Crippen LogP contribution in [-0.2, 0) is 11.3 Å². The maximum Gasteiger partial charge on any atom is 0.126 e. The van der Waals surface area contributed by atoms with E-state index in [4.69, 9.17) is 18.9 Å². The van der Waals surface area contributed by atoms with Crippen LogP contribution in [0.2, 0.25) is 0 Å². The Balaban J connectivity index is 0.976. The molecule has 4 aromatic carbocycles. The highest BCUT2D eigenvalue weighted by Gasteiger charge is 2.33. The first-order valence-electron chi connectivity index (χ1n) is 17.8. The standard InChI is InChI=1S/C42H51NO4/c1(3-5-13-25-43-26-29-44-30-27-43)2-4-6-14-28-45-37-21-19-36(20-22-37)42-39-24-23-38(46-32-34-15-9-7-10-16-34)31-41(39)47-33-40(42)35-17-11-8-12-18-35/h7-12,15-24,31,40,42H,1-6,13-14,25-30,32-33H2/t40-,42-/m0/s1. The Morgan fingerprint density at radius 3 is 2.02 bits per heavy atom. The van der Waals surface area contributed by atoms with E-state index < -0.39 is 0 Å². The Kier molecular flexibility index (Phi) is 12.6. The predicted octanol–water partition coefficient (Wildman–Crippen LogP) is 9.41. The quantitative estimate of drug-likeness (QED) is 0.108. The average molecular weight is 634 g/mol. The third kappa shape index (κ3) is 9.85. The van der Waals surface area contributed by atoms with Crippen LogP contribution >= 0.6 is 0 Å². The van der Waals surface area contributed by atoms with Crippen molar-refractivity contribution in [2.24, 2.45) is 0 Å². The Morgan fingerprint density at radius 2 is 1.28 bits per heavy atom. The second-order valence-electron chi connectivity index (χ2n) is 13.0. The normalized spacial score (nSPS) is 17.9. The van der Waals surface area contributed by atoms with Gasteiger partial charge in [-0.15, -0.1) is 0 Å². The Morgan fingerprint density at radius 1 is 0.617 bits per heavy atom. The van der Waals surface area contributed by atoms with E-state index in [-0.39, 0.29) is 11.8 Å². The van der Waals surface area contributed by atoms with Crippen molar-refractivity contribution >= 4 is 0 Å². The van der Waals surface area contributed by atoms with Gasteiger partial charge in [-0.2, -0.15) is 0 Å². The first-order chi connectivity index (χ1) is 23.3. The number of benzene rings is 4. The molecule has 248 valence electrons. The summed E-state index contributed by atoms with van der Waals surface area (Å²) in [6.45, 7) is 7.20. The van der Waals surface area contributed by atoms with Gasteiger partial charge in [0.25, 0.3) is 0 Å². The van der Waals surface area contributed by atoms with Crippen LogP contribution in [0.25, 0.3) is 0 Å². The van der Waals surface area contributed by atoms with Crippen LogP contribution < -0.4 is 14.2 Å². The van der Waals surface area contributed by atoms with Crippen molar-refractivity contribution in [3.05, 3.63) is 125 Å². The Labute approximate surface area is 281 Å². The molecule has 0 unspecified atom stereocenters. The molecular formula is C42H51NO4.